The molecule has 0 saturated heterocycles. The van der Waals surface area contributed by atoms with Crippen LogP contribution < -0.4 is 9.47 Å². The Balaban J connectivity index is 1.54. The maximum absolute atomic E-state index is 14.3. The van der Waals surface area contributed by atoms with Crippen LogP contribution in [0.1, 0.15) is 46.7 Å². The Labute approximate surface area is 191 Å². The molecule has 1 saturated carbocycles. The first-order valence-electron chi connectivity index (χ1n) is 10.7. The van der Waals surface area contributed by atoms with Crippen molar-refractivity contribution in [1.82, 2.24) is 4.98 Å². The SMILES string of the molecule is COc1cc(-c2ccc(C(=O)Oc3cccc([C@@H](CC(=O)O)C4CC4)c3)c(C)c2)c(F)cn1. The molecule has 0 amide bonds. The minimum absolute atomic E-state index is 0.0546. The summed E-state index contributed by atoms with van der Waals surface area (Å²) < 4.78 is 24.9. The van der Waals surface area contributed by atoms with Gasteiger partial charge in [-0.25, -0.2) is 14.2 Å². The molecule has 1 aliphatic carbocycles. The molecule has 1 fully saturated rings. The van der Waals surface area contributed by atoms with Crippen molar-refractivity contribution in [2.24, 2.45) is 5.92 Å². The number of carbonyl (C=O) groups excluding carboxylic acids is 1. The summed E-state index contributed by atoms with van der Waals surface area (Å²) in [4.78, 5) is 27.9. The van der Waals surface area contributed by atoms with Gasteiger partial charge < -0.3 is 14.6 Å². The minimum atomic E-state index is -0.840. The molecular formula is C26H24FNO5. The van der Waals surface area contributed by atoms with E-state index in [0.717, 1.165) is 24.6 Å². The summed E-state index contributed by atoms with van der Waals surface area (Å²) in [6, 6.07) is 13.5. The van der Waals surface area contributed by atoms with Gasteiger partial charge in [-0.3, -0.25) is 4.79 Å². The summed E-state index contributed by atoms with van der Waals surface area (Å²) in [5, 5.41) is 9.25. The van der Waals surface area contributed by atoms with Crippen LogP contribution in [0.2, 0.25) is 0 Å². The number of methoxy groups -OCH3 is 1. The van der Waals surface area contributed by atoms with E-state index in [0.29, 0.717) is 39.8 Å². The average Bonchev–Trinajstić information content (AvgIpc) is 3.63. The fourth-order valence-corrected chi connectivity index (χ4v) is 4.03. The normalized spacial score (nSPS) is 13.9. The Morgan fingerprint density at radius 3 is 2.64 bits per heavy atom. The molecule has 1 N–H and O–H groups in total. The molecule has 6 nitrogen and oxygen atoms in total. The van der Waals surface area contributed by atoms with Crippen molar-refractivity contribution in [3.05, 3.63) is 77.2 Å². The van der Waals surface area contributed by atoms with Gasteiger partial charge in [-0.1, -0.05) is 24.3 Å². The average molecular weight is 449 g/mol. The zero-order valence-corrected chi connectivity index (χ0v) is 18.4. The summed E-state index contributed by atoms with van der Waals surface area (Å²) in [5.74, 6) is -0.947. The van der Waals surface area contributed by atoms with Gasteiger partial charge in [0.15, 0.2) is 0 Å². The highest BCUT2D eigenvalue weighted by molar-refractivity contribution is 5.93. The number of carbonyl (C=O) groups is 2. The highest BCUT2D eigenvalue weighted by atomic mass is 19.1. The summed E-state index contributed by atoms with van der Waals surface area (Å²) in [6.07, 6.45) is 3.17. The Kier molecular flexibility index (Phi) is 6.40. The lowest BCUT2D eigenvalue weighted by atomic mass is 9.91. The van der Waals surface area contributed by atoms with Crippen molar-refractivity contribution in [3.63, 3.8) is 0 Å². The van der Waals surface area contributed by atoms with E-state index in [4.69, 9.17) is 9.47 Å². The number of hydrogen-bond acceptors (Lipinski definition) is 5. The molecule has 1 aliphatic rings. The lowest BCUT2D eigenvalue weighted by Gasteiger charge is -2.16. The first kappa shape index (κ1) is 22.5. The number of aliphatic carboxylic acids is 1. The van der Waals surface area contributed by atoms with E-state index in [1.807, 2.05) is 6.07 Å². The number of ether oxygens (including phenoxy) is 2. The van der Waals surface area contributed by atoms with Crippen LogP contribution in [0.15, 0.2) is 54.7 Å². The standard InChI is InChI=1S/C26H24FNO5/c1-15-10-18(22-12-24(32-2)28-14-23(22)27)8-9-20(15)26(31)33-19-5-3-4-17(11-19)21(13-25(29)30)16-6-7-16/h3-5,8-12,14,16,21H,6-7,13H2,1-2H3,(H,29,30)/t21-/m0/s1. The Morgan fingerprint density at radius 2 is 1.97 bits per heavy atom. The molecule has 1 heterocycles. The van der Waals surface area contributed by atoms with E-state index in [-0.39, 0.29) is 12.3 Å². The van der Waals surface area contributed by atoms with Crippen LogP contribution in [0, 0.1) is 18.7 Å². The molecule has 3 aromatic rings. The third-order valence-electron chi connectivity index (χ3n) is 5.88. The molecule has 1 aromatic heterocycles. The third kappa shape index (κ3) is 5.19. The lowest BCUT2D eigenvalue weighted by Crippen LogP contribution is -2.12. The van der Waals surface area contributed by atoms with E-state index in [2.05, 4.69) is 4.98 Å². The fraction of sp³-hybridized carbons (Fsp3) is 0.269. The van der Waals surface area contributed by atoms with Crippen LogP contribution in [0.25, 0.3) is 11.1 Å². The number of rotatable bonds is 8. The smallest absolute Gasteiger partial charge is 0.343 e. The molecular weight excluding hydrogens is 425 g/mol. The van der Waals surface area contributed by atoms with Crippen molar-refractivity contribution in [2.45, 2.75) is 32.1 Å². The largest absolute Gasteiger partial charge is 0.481 e. The molecule has 170 valence electrons. The van der Waals surface area contributed by atoms with E-state index >= 15 is 0 Å². The Hall–Kier alpha value is -3.74. The van der Waals surface area contributed by atoms with Gasteiger partial charge in [0.1, 0.15) is 11.6 Å². The predicted molar refractivity (Wildman–Crippen MR) is 120 cm³/mol. The van der Waals surface area contributed by atoms with E-state index in [1.165, 1.54) is 13.2 Å². The van der Waals surface area contributed by atoms with E-state index < -0.39 is 17.8 Å². The molecule has 33 heavy (non-hydrogen) atoms. The van der Waals surface area contributed by atoms with Gasteiger partial charge in [0.25, 0.3) is 0 Å². The monoisotopic (exact) mass is 449 g/mol. The van der Waals surface area contributed by atoms with Gasteiger partial charge in [0.05, 0.1) is 25.3 Å². The Bertz CT molecular complexity index is 1210. The fourth-order valence-electron chi connectivity index (χ4n) is 4.03. The summed E-state index contributed by atoms with van der Waals surface area (Å²) in [6.45, 7) is 1.75. The highest BCUT2D eigenvalue weighted by Crippen LogP contribution is 2.45. The maximum Gasteiger partial charge on any atom is 0.343 e. The number of aromatic nitrogens is 1. The number of carboxylic acids is 1. The van der Waals surface area contributed by atoms with Crippen LogP contribution >= 0.6 is 0 Å². The second-order valence-corrected chi connectivity index (χ2v) is 8.24. The summed E-state index contributed by atoms with van der Waals surface area (Å²) >= 11 is 0. The number of esters is 1. The second kappa shape index (κ2) is 9.40. The first-order valence-corrected chi connectivity index (χ1v) is 10.7. The van der Waals surface area contributed by atoms with Crippen LogP contribution in [-0.4, -0.2) is 29.1 Å². The molecule has 0 unspecified atom stereocenters. The third-order valence-corrected chi connectivity index (χ3v) is 5.88. The lowest BCUT2D eigenvalue weighted by molar-refractivity contribution is -0.137. The van der Waals surface area contributed by atoms with E-state index in [9.17, 15) is 19.1 Å². The maximum atomic E-state index is 14.3. The van der Waals surface area contributed by atoms with Gasteiger partial charge in [0.2, 0.25) is 5.88 Å². The minimum Gasteiger partial charge on any atom is -0.481 e. The van der Waals surface area contributed by atoms with Crippen LogP contribution in [0.5, 0.6) is 11.6 Å². The molecule has 4 rings (SSSR count). The van der Waals surface area contributed by atoms with Gasteiger partial charge in [-0.05, 0) is 66.5 Å². The van der Waals surface area contributed by atoms with Crippen molar-refractivity contribution < 1.29 is 28.6 Å². The zero-order chi connectivity index (χ0) is 23.5. The molecule has 0 spiro atoms. The van der Waals surface area contributed by atoms with Crippen molar-refractivity contribution in [3.8, 4) is 22.8 Å². The number of pyridine rings is 1. The van der Waals surface area contributed by atoms with Gasteiger partial charge in [0, 0.05) is 11.6 Å². The Morgan fingerprint density at radius 1 is 1.18 bits per heavy atom. The number of benzene rings is 2. The molecule has 2 aromatic carbocycles. The first-order chi connectivity index (χ1) is 15.9. The highest BCUT2D eigenvalue weighted by Gasteiger charge is 2.34. The van der Waals surface area contributed by atoms with Crippen LogP contribution in [-0.2, 0) is 4.79 Å². The quantitative estimate of drug-likeness (QED) is 0.366. The molecule has 0 radical (unpaired) electrons. The molecule has 0 bridgehead atoms. The second-order valence-electron chi connectivity index (χ2n) is 8.24. The number of hydrogen-bond donors (Lipinski definition) is 1. The summed E-state index contributed by atoms with van der Waals surface area (Å²) in [7, 11) is 1.46. The predicted octanol–water partition coefficient (Wildman–Crippen LogP) is 5.39. The zero-order valence-electron chi connectivity index (χ0n) is 18.4. The summed E-state index contributed by atoms with van der Waals surface area (Å²) in [5.41, 5.74) is 2.76. The van der Waals surface area contributed by atoms with Crippen LogP contribution in [0.3, 0.4) is 0 Å². The number of aryl methyl sites for hydroxylation is 1. The van der Waals surface area contributed by atoms with Crippen LogP contribution in [0.4, 0.5) is 4.39 Å². The topological polar surface area (TPSA) is 85.7 Å². The van der Waals surface area contributed by atoms with Gasteiger partial charge in [-0.2, -0.15) is 0 Å². The molecule has 0 aliphatic heterocycles. The molecule has 1 atom stereocenters. The van der Waals surface area contributed by atoms with Crippen molar-refractivity contribution >= 4 is 11.9 Å². The van der Waals surface area contributed by atoms with E-state index in [1.54, 1.807) is 43.3 Å². The number of carboxylic acid groups (broad SMARTS) is 1. The van der Waals surface area contributed by atoms with Crippen molar-refractivity contribution in [1.29, 1.82) is 0 Å². The van der Waals surface area contributed by atoms with Crippen molar-refractivity contribution in [2.75, 3.05) is 7.11 Å². The van der Waals surface area contributed by atoms with Gasteiger partial charge >= 0.3 is 11.9 Å². The number of nitrogens with zero attached hydrogens (tertiary/aromatic N) is 1. The number of halogens is 1. The molecule has 7 heteroatoms. The van der Waals surface area contributed by atoms with Gasteiger partial charge in [-0.15, -0.1) is 0 Å².